The number of hydrogen-bond acceptors (Lipinski definition) is 3. The van der Waals surface area contributed by atoms with E-state index in [4.69, 9.17) is 4.74 Å². The van der Waals surface area contributed by atoms with Crippen LogP contribution in [0.3, 0.4) is 0 Å². The maximum absolute atomic E-state index is 11.3. The zero-order valence-electron chi connectivity index (χ0n) is 8.29. The van der Waals surface area contributed by atoms with Crippen LogP contribution >= 0.6 is 0 Å². The van der Waals surface area contributed by atoms with Gasteiger partial charge >= 0.3 is 5.97 Å². The van der Waals surface area contributed by atoms with Crippen molar-refractivity contribution in [3.8, 4) is 0 Å². The Morgan fingerprint density at radius 3 is 2.64 bits per heavy atom. The van der Waals surface area contributed by atoms with E-state index in [9.17, 15) is 9.90 Å². The van der Waals surface area contributed by atoms with E-state index in [1.165, 1.54) is 0 Å². The summed E-state index contributed by atoms with van der Waals surface area (Å²) in [7, 11) is 0. The SMILES string of the molecule is O=C(O)[C@]1(C2CCOCC2)CCCN1. The molecule has 0 aliphatic carbocycles. The van der Waals surface area contributed by atoms with Gasteiger partial charge < -0.3 is 15.2 Å². The van der Waals surface area contributed by atoms with Gasteiger partial charge in [-0.3, -0.25) is 4.79 Å². The van der Waals surface area contributed by atoms with Gasteiger partial charge in [-0.2, -0.15) is 0 Å². The Labute approximate surface area is 83.6 Å². The van der Waals surface area contributed by atoms with Crippen LogP contribution in [0.15, 0.2) is 0 Å². The molecule has 4 heteroatoms. The van der Waals surface area contributed by atoms with Gasteiger partial charge in [0.2, 0.25) is 0 Å². The number of nitrogens with one attached hydrogen (secondary N) is 1. The standard InChI is InChI=1S/C10H17NO3/c12-9(13)10(4-1-5-11-10)8-2-6-14-7-3-8/h8,11H,1-7H2,(H,12,13)/t10-/m1/s1. The molecule has 0 spiro atoms. The molecule has 2 aliphatic rings. The summed E-state index contributed by atoms with van der Waals surface area (Å²) in [6.45, 7) is 2.26. The van der Waals surface area contributed by atoms with Crippen molar-refractivity contribution in [2.75, 3.05) is 19.8 Å². The van der Waals surface area contributed by atoms with Crippen LogP contribution in [0.2, 0.25) is 0 Å². The van der Waals surface area contributed by atoms with Crippen LogP contribution in [0.1, 0.15) is 25.7 Å². The van der Waals surface area contributed by atoms with Crippen LogP contribution in [0, 0.1) is 5.92 Å². The summed E-state index contributed by atoms with van der Waals surface area (Å²) < 4.78 is 5.26. The zero-order valence-corrected chi connectivity index (χ0v) is 8.29. The van der Waals surface area contributed by atoms with Gasteiger partial charge in [0, 0.05) is 13.2 Å². The van der Waals surface area contributed by atoms with E-state index in [1.54, 1.807) is 0 Å². The molecule has 14 heavy (non-hydrogen) atoms. The van der Waals surface area contributed by atoms with Gasteiger partial charge in [-0.15, -0.1) is 0 Å². The van der Waals surface area contributed by atoms with Crippen molar-refractivity contribution in [1.29, 1.82) is 0 Å². The van der Waals surface area contributed by atoms with E-state index < -0.39 is 11.5 Å². The third-order valence-corrected chi connectivity index (χ3v) is 3.49. The summed E-state index contributed by atoms with van der Waals surface area (Å²) in [4.78, 5) is 11.3. The monoisotopic (exact) mass is 199 g/mol. The fraction of sp³-hybridized carbons (Fsp3) is 0.900. The lowest BCUT2D eigenvalue weighted by Crippen LogP contribution is -2.54. The summed E-state index contributed by atoms with van der Waals surface area (Å²) in [5.74, 6) is -0.432. The number of aliphatic carboxylic acids is 1. The summed E-state index contributed by atoms with van der Waals surface area (Å²) in [5.41, 5.74) is -0.649. The fourth-order valence-corrected chi connectivity index (χ4v) is 2.66. The van der Waals surface area contributed by atoms with Crippen molar-refractivity contribution in [1.82, 2.24) is 5.32 Å². The molecule has 4 nitrogen and oxygen atoms in total. The van der Waals surface area contributed by atoms with Gasteiger partial charge in [-0.05, 0) is 38.1 Å². The van der Waals surface area contributed by atoms with E-state index in [0.717, 1.165) is 32.2 Å². The lowest BCUT2D eigenvalue weighted by molar-refractivity contribution is -0.148. The highest BCUT2D eigenvalue weighted by atomic mass is 16.5. The first-order valence-electron chi connectivity index (χ1n) is 5.32. The number of carboxylic acids is 1. The minimum absolute atomic E-state index is 0.247. The molecule has 2 N–H and O–H groups in total. The molecule has 0 aromatic carbocycles. The normalized spacial score (nSPS) is 34.6. The third kappa shape index (κ3) is 1.53. The van der Waals surface area contributed by atoms with Crippen molar-refractivity contribution in [2.24, 2.45) is 5.92 Å². The van der Waals surface area contributed by atoms with Crippen LogP contribution in [-0.2, 0) is 9.53 Å². The van der Waals surface area contributed by atoms with Crippen LogP contribution in [0.25, 0.3) is 0 Å². The third-order valence-electron chi connectivity index (χ3n) is 3.49. The van der Waals surface area contributed by atoms with E-state index in [0.29, 0.717) is 13.2 Å². The molecule has 0 radical (unpaired) electrons. The molecule has 0 unspecified atom stereocenters. The topological polar surface area (TPSA) is 58.6 Å². The van der Waals surface area contributed by atoms with E-state index in [1.807, 2.05) is 0 Å². The zero-order chi connectivity index (χ0) is 10.0. The number of rotatable bonds is 2. The second-order valence-electron chi connectivity index (χ2n) is 4.19. The Hall–Kier alpha value is -0.610. The number of carbonyl (C=O) groups is 1. The van der Waals surface area contributed by atoms with Crippen molar-refractivity contribution in [3.05, 3.63) is 0 Å². The predicted octanol–water partition coefficient (Wildman–Crippen LogP) is 0.620. The lowest BCUT2D eigenvalue weighted by atomic mass is 9.78. The maximum Gasteiger partial charge on any atom is 0.324 e. The molecular weight excluding hydrogens is 182 g/mol. The molecule has 0 aromatic rings. The number of hydrogen-bond donors (Lipinski definition) is 2. The number of ether oxygens (including phenoxy) is 1. The Balaban J connectivity index is 2.12. The Morgan fingerprint density at radius 1 is 1.43 bits per heavy atom. The molecule has 2 heterocycles. The first-order chi connectivity index (χ1) is 6.76. The van der Waals surface area contributed by atoms with Crippen LogP contribution < -0.4 is 5.32 Å². The predicted molar refractivity (Wildman–Crippen MR) is 51.1 cm³/mol. The average Bonchev–Trinajstić information content (AvgIpc) is 2.69. The Morgan fingerprint density at radius 2 is 2.14 bits per heavy atom. The summed E-state index contributed by atoms with van der Waals surface area (Å²) >= 11 is 0. The first kappa shape index (κ1) is 9.93. The largest absolute Gasteiger partial charge is 0.480 e. The first-order valence-corrected chi connectivity index (χ1v) is 5.32. The molecule has 0 amide bonds. The molecule has 80 valence electrons. The Bertz CT molecular complexity index is 217. The van der Waals surface area contributed by atoms with Crippen molar-refractivity contribution in [3.63, 3.8) is 0 Å². The van der Waals surface area contributed by atoms with Crippen LogP contribution in [0.4, 0.5) is 0 Å². The highest BCUT2D eigenvalue weighted by Gasteiger charge is 2.47. The van der Waals surface area contributed by atoms with E-state index in [2.05, 4.69) is 5.32 Å². The van der Waals surface area contributed by atoms with Gasteiger partial charge in [0.05, 0.1) is 0 Å². The second-order valence-corrected chi connectivity index (χ2v) is 4.19. The molecule has 2 aliphatic heterocycles. The molecule has 0 saturated carbocycles. The molecule has 2 saturated heterocycles. The van der Waals surface area contributed by atoms with Gasteiger partial charge in [-0.1, -0.05) is 0 Å². The molecule has 0 bridgehead atoms. The fourth-order valence-electron chi connectivity index (χ4n) is 2.66. The van der Waals surface area contributed by atoms with Crippen molar-refractivity contribution >= 4 is 5.97 Å². The van der Waals surface area contributed by atoms with Gasteiger partial charge in [0.15, 0.2) is 0 Å². The van der Waals surface area contributed by atoms with Gasteiger partial charge in [0.25, 0.3) is 0 Å². The summed E-state index contributed by atoms with van der Waals surface area (Å²) in [6, 6.07) is 0. The minimum atomic E-state index is -0.679. The minimum Gasteiger partial charge on any atom is -0.480 e. The quantitative estimate of drug-likeness (QED) is 0.684. The van der Waals surface area contributed by atoms with Gasteiger partial charge in [-0.25, -0.2) is 0 Å². The van der Waals surface area contributed by atoms with Gasteiger partial charge in [0.1, 0.15) is 5.54 Å². The molecule has 1 atom stereocenters. The highest BCUT2D eigenvalue weighted by molar-refractivity contribution is 5.79. The molecule has 2 rings (SSSR count). The smallest absolute Gasteiger partial charge is 0.324 e. The Kier molecular flexibility index (Phi) is 2.74. The number of carboxylic acid groups (broad SMARTS) is 1. The summed E-state index contributed by atoms with van der Waals surface area (Å²) in [6.07, 6.45) is 3.50. The van der Waals surface area contributed by atoms with E-state index >= 15 is 0 Å². The summed E-state index contributed by atoms with van der Waals surface area (Å²) in [5, 5.41) is 12.5. The lowest BCUT2D eigenvalue weighted by Gasteiger charge is -2.36. The second kappa shape index (κ2) is 3.87. The van der Waals surface area contributed by atoms with Crippen molar-refractivity contribution in [2.45, 2.75) is 31.2 Å². The molecule has 2 fully saturated rings. The molecule has 0 aromatic heterocycles. The van der Waals surface area contributed by atoms with Crippen molar-refractivity contribution < 1.29 is 14.6 Å². The highest BCUT2D eigenvalue weighted by Crippen LogP contribution is 2.34. The van der Waals surface area contributed by atoms with Crippen LogP contribution in [0.5, 0.6) is 0 Å². The molecular formula is C10H17NO3. The van der Waals surface area contributed by atoms with E-state index in [-0.39, 0.29) is 5.92 Å². The average molecular weight is 199 g/mol. The van der Waals surface area contributed by atoms with Crippen LogP contribution in [-0.4, -0.2) is 36.4 Å². The maximum atomic E-state index is 11.3.